The Kier molecular flexibility index (Phi) is 7.79. The number of likely N-dealkylation sites (tertiary alicyclic amines) is 2. The minimum Gasteiger partial charge on any atom is -0.384 e. The molecule has 1 aromatic carbocycles. The second-order valence-electron chi connectivity index (χ2n) is 11.0. The van der Waals surface area contributed by atoms with Crippen molar-refractivity contribution in [1.29, 1.82) is 0 Å². The maximum Gasteiger partial charge on any atom is 0.433 e. The van der Waals surface area contributed by atoms with E-state index in [2.05, 4.69) is 15.2 Å². The van der Waals surface area contributed by atoms with Gasteiger partial charge in [0.25, 0.3) is 5.91 Å². The zero-order chi connectivity index (χ0) is 29.6. The van der Waals surface area contributed by atoms with E-state index in [1.54, 1.807) is 4.90 Å². The van der Waals surface area contributed by atoms with Crippen molar-refractivity contribution in [2.75, 3.05) is 19.6 Å². The Balaban J connectivity index is 1.15. The zero-order valence-corrected chi connectivity index (χ0v) is 22.0. The molecule has 0 radical (unpaired) electrons. The van der Waals surface area contributed by atoms with Crippen LogP contribution in [0.25, 0.3) is 0 Å². The lowest BCUT2D eigenvalue weighted by Gasteiger charge is -2.41. The lowest BCUT2D eigenvalue weighted by molar-refractivity contribution is -0.142. The molecule has 2 unspecified atom stereocenters. The molecule has 0 bridgehead atoms. The second kappa shape index (κ2) is 10.9. The first-order chi connectivity index (χ1) is 19.3. The van der Waals surface area contributed by atoms with Crippen LogP contribution in [0.1, 0.15) is 65.8 Å². The molecule has 2 saturated heterocycles. The summed E-state index contributed by atoms with van der Waals surface area (Å²) in [6.45, 7) is 0.869. The number of hydrogen-bond donors (Lipinski definition) is 2. The van der Waals surface area contributed by atoms with Gasteiger partial charge in [0.2, 0.25) is 5.91 Å². The number of alkyl halides is 6. The number of aromatic nitrogens is 1. The van der Waals surface area contributed by atoms with Crippen LogP contribution in [-0.2, 0) is 22.7 Å². The van der Waals surface area contributed by atoms with Gasteiger partial charge < -0.3 is 15.3 Å². The zero-order valence-electron chi connectivity index (χ0n) is 22.0. The Morgan fingerprint density at radius 1 is 0.927 bits per heavy atom. The number of nitrogens with zero attached hydrogens (tertiary/aromatic N) is 3. The molecule has 3 fully saturated rings. The number of halogens is 6. The largest absolute Gasteiger partial charge is 0.433 e. The molecule has 13 heteroatoms. The Bertz CT molecular complexity index is 1290. The Labute approximate surface area is 232 Å². The minimum atomic E-state index is -4.60. The summed E-state index contributed by atoms with van der Waals surface area (Å²) in [4.78, 5) is 33.1. The van der Waals surface area contributed by atoms with E-state index in [0.29, 0.717) is 32.2 Å². The fraction of sp³-hybridized carbons (Fsp3) is 0.536. The number of hydrogen-bond acceptors (Lipinski definition) is 5. The number of amides is 2. The SMILES string of the molecule is O=C(NCC(=O)N1CCC2C1CCN2C1CCC(O)(c2cccc(C(F)(F)F)n2)CC1)c1cccc(C(F)(F)F)c1. The van der Waals surface area contributed by atoms with Crippen molar-refractivity contribution in [1.82, 2.24) is 20.1 Å². The van der Waals surface area contributed by atoms with Gasteiger partial charge in [-0.15, -0.1) is 0 Å². The lowest BCUT2D eigenvalue weighted by Crippen LogP contribution is -2.47. The third-order valence-electron chi connectivity index (χ3n) is 8.56. The van der Waals surface area contributed by atoms with Crippen LogP contribution in [0.15, 0.2) is 42.5 Å². The fourth-order valence-electron chi connectivity index (χ4n) is 6.50. The van der Waals surface area contributed by atoms with E-state index in [4.69, 9.17) is 0 Å². The summed E-state index contributed by atoms with van der Waals surface area (Å²) in [7, 11) is 0. The monoisotopic (exact) mass is 584 g/mol. The molecule has 5 rings (SSSR count). The van der Waals surface area contributed by atoms with Crippen LogP contribution in [0.3, 0.4) is 0 Å². The molecule has 3 heterocycles. The molecule has 2 atom stereocenters. The Morgan fingerprint density at radius 2 is 1.61 bits per heavy atom. The number of rotatable bonds is 5. The molecule has 7 nitrogen and oxygen atoms in total. The van der Waals surface area contributed by atoms with Crippen LogP contribution < -0.4 is 5.32 Å². The van der Waals surface area contributed by atoms with E-state index in [1.165, 1.54) is 18.2 Å². The number of fused-ring (bicyclic) bond motifs is 1. The lowest BCUT2D eigenvalue weighted by atomic mass is 9.79. The first-order valence-corrected chi connectivity index (χ1v) is 13.5. The van der Waals surface area contributed by atoms with Crippen molar-refractivity contribution < 1.29 is 41.0 Å². The van der Waals surface area contributed by atoms with E-state index in [0.717, 1.165) is 30.8 Å². The van der Waals surface area contributed by atoms with Crippen LogP contribution in [0, 0.1) is 0 Å². The first-order valence-electron chi connectivity index (χ1n) is 13.5. The summed E-state index contributed by atoms with van der Waals surface area (Å²) < 4.78 is 78.2. The van der Waals surface area contributed by atoms with Crippen molar-refractivity contribution in [3.05, 3.63) is 65.0 Å². The van der Waals surface area contributed by atoms with Crippen molar-refractivity contribution in [3.63, 3.8) is 0 Å². The molecule has 2 aromatic rings. The standard InChI is InChI=1S/C28H30F6N4O3/c29-27(30,31)18-4-1-3-17(15-18)25(40)35-16-24(39)38-14-10-20-21(38)9-13-37(20)19-7-11-26(41,12-8-19)22-5-2-6-23(36-22)28(32,33)34/h1-6,15,19-21,41H,7-14,16H2,(H,35,40). The second-order valence-corrected chi connectivity index (χ2v) is 11.0. The van der Waals surface area contributed by atoms with E-state index in [9.17, 15) is 41.0 Å². The van der Waals surface area contributed by atoms with Crippen LogP contribution in [0.2, 0.25) is 0 Å². The topological polar surface area (TPSA) is 85.8 Å². The molecule has 1 aliphatic carbocycles. The van der Waals surface area contributed by atoms with E-state index < -0.39 is 35.1 Å². The quantitative estimate of drug-likeness (QED) is 0.511. The van der Waals surface area contributed by atoms with Gasteiger partial charge in [-0.3, -0.25) is 14.5 Å². The van der Waals surface area contributed by atoms with Crippen molar-refractivity contribution in [2.24, 2.45) is 0 Å². The maximum atomic E-state index is 13.1. The van der Waals surface area contributed by atoms with Crippen LogP contribution in [0.4, 0.5) is 26.3 Å². The summed E-state index contributed by atoms with van der Waals surface area (Å²) in [6, 6.07) is 7.69. The smallest absolute Gasteiger partial charge is 0.384 e. The molecule has 0 spiro atoms. The average molecular weight is 585 g/mol. The van der Waals surface area contributed by atoms with E-state index >= 15 is 0 Å². The highest BCUT2D eigenvalue weighted by Crippen LogP contribution is 2.42. The Morgan fingerprint density at radius 3 is 2.29 bits per heavy atom. The highest BCUT2D eigenvalue weighted by atomic mass is 19.4. The minimum absolute atomic E-state index is 0.0230. The predicted octanol–water partition coefficient (Wildman–Crippen LogP) is 4.35. The first kappa shape index (κ1) is 29.3. The van der Waals surface area contributed by atoms with Crippen LogP contribution >= 0.6 is 0 Å². The van der Waals surface area contributed by atoms with Gasteiger partial charge in [-0.05, 0) is 68.9 Å². The van der Waals surface area contributed by atoms with Gasteiger partial charge in [0, 0.05) is 36.8 Å². The van der Waals surface area contributed by atoms with Gasteiger partial charge >= 0.3 is 12.4 Å². The predicted molar refractivity (Wildman–Crippen MR) is 134 cm³/mol. The summed E-state index contributed by atoms with van der Waals surface area (Å²) in [5.41, 5.74) is -3.58. The highest BCUT2D eigenvalue weighted by Gasteiger charge is 2.48. The summed E-state index contributed by atoms with van der Waals surface area (Å²) in [5, 5.41) is 13.6. The molecule has 3 aliphatic rings. The van der Waals surface area contributed by atoms with E-state index in [1.807, 2.05) is 0 Å². The Hall–Kier alpha value is -3.19. The number of carbonyl (C=O) groups excluding carboxylic acids is 2. The van der Waals surface area contributed by atoms with Gasteiger partial charge in [0.05, 0.1) is 17.8 Å². The average Bonchev–Trinajstić information content (AvgIpc) is 3.54. The van der Waals surface area contributed by atoms with Gasteiger partial charge in [-0.25, -0.2) is 4.98 Å². The normalized spacial score (nSPS) is 27.1. The third-order valence-corrected chi connectivity index (χ3v) is 8.56. The molecular formula is C28H30F6N4O3. The van der Waals surface area contributed by atoms with Crippen LogP contribution in [0.5, 0.6) is 0 Å². The number of aliphatic hydroxyl groups is 1. The van der Waals surface area contributed by atoms with Crippen molar-refractivity contribution in [3.8, 4) is 0 Å². The molecule has 2 N–H and O–H groups in total. The summed E-state index contributed by atoms with van der Waals surface area (Å²) in [6.07, 6.45) is -6.08. The van der Waals surface area contributed by atoms with Gasteiger partial charge in [0.1, 0.15) is 11.3 Å². The summed E-state index contributed by atoms with van der Waals surface area (Å²) >= 11 is 0. The third kappa shape index (κ3) is 6.06. The molecule has 2 aliphatic heterocycles. The number of benzene rings is 1. The van der Waals surface area contributed by atoms with Gasteiger partial charge in [-0.1, -0.05) is 12.1 Å². The molecule has 1 saturated carbocycles. The molecule has 2 amide bonds. The van der Waals surface area contributed by atoms with Gasteiger partial charge in [0.15, 0.2) is 0 Å². The maximum absolute atomic E-state index is 13.1. The van der Waals surface area contributed by atoms with Gasteiger partial charge in [-0.2, -0.15) is 26.3 Å². The highest BCUT2D eigenvalue weighted by molar-refractivity contribution is 5.96. The van der Waals surface area contributed by atoms with E-state index in [-0.39, 0.29) is 54.7 Å². The summed E-state index contributed by atoms with van der Waals surface area (Å²) in [5.74, 6) is -1.08. The number of nitrogens with one attached hydrogen (secondary N) is 1. The molecule has 41 heavy (non-hydrogen) atoms. The fourth-order valence-corrected chi connectivity index (χ4v) is 6.50. The molecule has 222 valence electrons. The van der Waals surface area contributed by atoms with Crippen molar-refractivity contribution in [2.45, 2.75) is 74.6 Å². The molecular weight excluding hydrogens is 554 g/mol. The number of carbonyl (C=O) groups is 2. The number of pyridine rings is 1. The van der Waals surface area contributed by atoms with Crippen LogP contribution in [-0.4, -0.2) is 69.5 Å². The van der Waals surface area contributed by atoms with Crippen molar-refractivity contribution >= 4 is 11.8 Å². The molecule has 1 aromatic heterocycles.